The van der Waals surface area contributed by atoms with Crippen LogP contribution >= 0.6 is 0 Å². The predicted octanol–water partition coefficient (Wildman–Crippen LogP) is 1.41. The quantitative estimate of drug-likeness (QED) is 0.859. The van der Waals surface area contributed by atoms with E-state index in [2.05, 4.69) is 5.10 Å². The number of aromatic nitrogens is 2. The van der Waals surface area contributed by atoms with Gasteiger partial charge in [0.2, 0.25) is 5.91 Å². The number of carbonyl (C=O) groups excluding carboxylic acids is 2. The Morgan fingerprint density at radius 2 is 2.00 bits per heavy atom. The monoisotopic (exact) mass is 314 g/mol. The molecule has 1 saturated heterocycles. The highest BCUT2D eigenvalue weighted by molar-refractivity contribution is 5.96. The highest BCUT2D eigenvalue weighted by atomic mass is 16.6. The second-order valence-electron chi connectivity index (χ2n) is 5.35. The minimum Gasteiger partial charge on any atom is -0.445 e. The van der Waals surface area contributed by atoms with Gasteiger partial charge in [0, 0.05) is 32.4 Å². The number of hydrogen-bond acceptors (Lipinski definition) is 4. The average Bonchev–Trinajstić information content (AvgIpc) is 2.99. The van der Waals surface area contributed by atoms with Crippen molar-refractivity contribution in [2.45, 2.75) is 6.61 Å². The lowest BCUT2D eigenvalue weighted by atomic mass is 10.2. The zero-order valence-corrected chi connectivity index (χ0v) is 12.9. The molecule has 0 bridgehead atoms. The average molecular weight is 314 g/mol. The lowest BCUT2D eigenvalue weighted by molar-refractivity contribution is -0.121. The lowest BCUT2D eigenvalue weighted by Crippen LogP contribution is -2.52. The highest BCUT2D eigenvalue weighted by Gasteiger charge is 2.29. The van der Waals surface area contributed by atoms with Crippen molar-refractivity contribution in [3.05, 3.63) is 48.2 Å². The molecular formula is C16H18N4O3. The molecule has 3 rings (SSSR count). The molecule has 2 amide bonds. The summed E-state index contributed by atoms with van der Waals surface area (Å²) >= 11 is 0. The molecule has 0 unspecified atom stereocenters. The largest absolute Gasteiger partial charge is 0.445 e. The first-order valence-electron chi connectivity index (χ1n) is 7.39. The zero-order valence-electron chi connectivity index (χ0n) is 12.9. The van der Waals surface area contributed by atoms with Crippen LogP contribution in [-0.4, -0.2) is 46.3 Å². The fourth-order valence-corrected chi connectivity index (χ4v) is 2.43. The molecule has 1 fully saturated rings. The summed E-state index contributed by atoms with van der Waals surface area (Å²) in [6.45, 7) is 1.05. The van der Waals surface area contributed by atoms with Gasteiger partial charge in [-0.05, 0) is 5.56 Å². The van der Waals surface area contributed by atoms with Gasteiger partial charge in [-0.25, -0.2) is 4.79 Å². The summed E-state index contributed by atoms with van der Waals surface area (Å²) < 4.78 is 6.90. The first-order valence-corrected chi connectivity index (χ1v) is 7.39. The van der Waals surface area contributed by atoms with Crippen molar-refractivity contribution in [1.29, 1.82) is 0 Å². The van der Waals surface area contributed by atoms with Crippen molar-refractivity contribution in [3.8, 4) is 0 Å². The SMILES string of the molecule is Cn1ccc(N2CCN(C(=O)OCc3ccccc3)CC2=O)n1. The van der Waals surface area contributed by atoms with Crippen LogP contribution in [0.3, 0.4) is 0 Å². The van der Waals surface area contributed by atoms with Gasteiger partial charge >= 0.3 is 6.09 Å². The van der Waals surface area contributed by atoms with Crippen molar-refractivity contribution in [2.75, 3.05) is 24.5 Å². The standard InChI is InChI=1S/C16H18N4O3/c1-18-8-7-14(17-18)20-10-9-19(11-15(20)21)16(22)23-12-13-5-3-2-4-6-13/h2-8H,9-12H2,1H3. The molecule has 0 saturated carbocycles. The van der Waals surface area contributed by atoms with Gasteiger partial charge in [-0.2, -0.15) is 5.10 Å². The molecule has 23 heavy (non-hydrogen) atoms. The number of ether oxygens (including phenoxy) is 1. The number of piperazine rings is 1. The van der Waals surface area contributed by atoms with Gasteiger partial charge in [-0.3, -0.25) is 19.3 Å². The summed E-state index contributed by atoms with van der Waals surface area (Å²) in [4.78, 5) is 27.3. The maximum absolute atomic E-state index is 12.2. The van der Waals surface area contributed by atoms with E-state index in [1.165, 1.54) is 4.90 Å². The number of rotatable bonds is 3. The number of aryl methyl sites for hydroxylation is 1. The number of benzene rings is 1. The van der Waals surface area contributed by atoms with Crippen LogP contribution in [0, 0.1) is 0 Å². The number of amides is 2. The van der Waals surface area contributed by atoms with E-state index in [0.29, 0.717) is 18.9 Å². The molecule has 1 aliphatic heterocycles. The minimum absolute atomic E-state index is 0.00416. The molecule has 1 aromatic carbocycles. The molecule has 7 heteroatoms. The van der Waals surface area contributed by atoms with Gasteiger partial charge in [0.15, 0.2) is 5.82 Å². The summed E-state index contributed by atoms with van der Waals surface area (Å²) in [6, 6.07) is 11.2. The van der Waals surface area contributed by atoms with Crippen LogP contribution in [0.2, 0.25) is 0 Å². The van der Waals surface area contributed by atoms with Crippen LogP contribution in [0.4, 0.5) is 10.6 Å². The molecule has 0 N–H and O–H groups in total. The summed E-state index contributed by atoms with van der Waals surface area (Å²) in [6.07, 6.45) is 1.31. The lowest BCUT2D eigenvalue weighted by Gasteiger charge is -2.32. The van der Waals surface area contributed by atoms with E-state index in [1.807, 2.05) is 30.3 Å². The normalized spacial score (nSPS) is 14.9. The van der Waals surface area contributed by atoms with Gasteiger partial charge in [0.25, 0.3) is 0 Å². The van der Waals surface area contributed by atoms with E-state index in [9.17, 15) is 9.59 Å². The second kappa shape index (κ2) is 6.51. The summed E-state index contributed by atoms with van der Waals surface area (Å²) in [5.41, 5.74) is 0.916. The molecule has 7 nitrogen and oxygen atoms in total. The third-order valence-corrected chi connectivity index (χ3v) is 3.66. The van der Waals surface area contributed by atoms with Gasteiger partial charge < -0.3 is 4.74 Å². The molecule has 0 atom stereocenters. The van der Waals surface area contributed by atoms with Crippen LogP contribution < -0.4 is 4.90 Å². The predicted molar refractivity (Wildman–Crippen MR) is 83.8 cm³/mol. The number of carbonyl (C=O) groups is 2. The first kappa shape index (κ1) is 15.1. The van der Waals surface area contributed by atoms with Crippen molar-refractivity contribution < 1.29 is 14.3 Å². The maximum Gasteiger partial charge on any atom is 0.410 e. The third-order valence-electron chi connectivity index (χ3n) is 3.66. The zero-order chi connectivity index (χ0) is 16.2. The van der Waals surface area contributed by atoms with Crippen LogP contribution in [-0.2, 0) is 23.2 Å². The Kier molecular flexibility index (Phi) is 4.27. The number of anilines is 1. The van der Waals surface area contributed by atoms with E-state index in [0.717, 1.165) is 5.56 Å². The summed E-state index contributed by atoms with van der Waals surface area (Å²) in [5, 5.41) is 4.22. The first-order chi connectivity index (χ1) is 11.1. The topological polar surface area (TPSA) is 67.7 Å². The van der Waals surface area contributed by atoms with E-state index in [-0.39, 0.29) is 19.1 Å². The van der Waals surface area contributed by atoms with E-state index < -0.39 is 6.09 Å². The summed E-state index contributed by atoms with van der Waals surface area (Å²) in [7, 11) is 1.80. The molecule has 0 aliphatic carbocycles. The van der Waals surface area contributed by atoms with Crippen molar-refractivity contribution >= 4 is 17.8 Å². The highest BCUT2D eigenvalue weighted by Crippen LogP contribution is 2.15. The minimum atomic E-state index is -0.470. The van der Waals surface area contributed by atoms with Crippen molar-refractivity contribution in [2.24, 2.45) is 7.05 Å². The van der Waals surface area contributed by atoms with E-state index in [4.69, 9.17) is 4.74 Å². The number of nitrogens with zero attached hydrogens (tertiary/aromatic N) is 4. The van der Waals surface area contributed by atoms with E-state index in [1.54, 1.807) is 28.9 Å². The molecule has 2 aromatic rings. The molecule has 2 heterocycles. The molecular weight excluding hydrogens is 296 g/mol. The van der Waals surface area contributed by atoms with E-state index >= 15 is 0 Å². The van der Waals surface area contributed by atoms with Gasteiger partial charge in [-0.1, -0.05) is 30.3 Å². The number of hydrogen-bond donors (Lipinski definition) is 0. The van der Waals surface area contributed by atoms with Crippen LogP contribution in [0.15, 0.2) is 42.6 Å². The maximum atomic E-state index is 12.2. The fraction of sp³-hybridized carbons (Fsp3) is 0.312. The van der Waals surface area contributed by atoms with Gasteiger partial charge in [0.1, 0.15) is 13.2 Å². The molecule has 120 valence electrons. The third kappa shape index (κ3) is 3.50. The van der Waals surface area contributed by atoms with Crippen LogP contribution in [0.5, 0.6) is 0 Å². The second-order valence-corrected chi connectivity index (χ2v) is 5.35. The summed E-state index contributed by atoms with van der Waals surface area (Å²) in [5.74, 6) is 0.446. The Morgan fingerprint density at radius 3 is 2.65 bits per heavy atom. The molecule has 1 aromatic heterocycles. The molecule has 1 aliphatic rings. The smallest absolute Gasteiger partial charge is 0.410 e. The Balaban J connectivity index is 1.55. The van der Waals surface area contributed by atoms with Gasteiger partial charge in [-0.15, -0.1) is 0 Å². The van der Waals surface area contributed by atoms with Crippen LogP contribution in [0.25, 0.3) is 0 Å². The van der Waals surface area contributed by atoms with Crippen LogP contribution in [0.1, 0.15) is 5.56 Å². The Labute approximate surface area is 134 Å². The Bertz CT molecular complexity index is 698. The van der Waals surface area contributed by atoms with Crippen molar-refractivity contribution in [1.82, 2.24) is 14.7 Å². The molecule has 0 spiro atoms. The Hall–Kier alpha value is -2.83. The van der Waals surface area contributed by atoms with Crippen molar-refractivity contribution in [3.63, 3.8) is 0 Å². The fourth-order valence-electron chi connectivity index (χ4n) is 2.43. The van der Waals surface area contributed by atoms with Gasteiger partial charge in [0.05, 0.1) is 0 Å². The Morgan fingerprint density at radius 1 is 1.22 bits per heavy atom. The molecule has 0 radical (unpaired) electrons.